The van der Waals surface area contributed by atoms with Crippen molar-refractivity contribution in [2.75, 3.05) is 18.7 Å². The Morgan fingerprint density at radius 2 is 2.08 bits per heavy atom. The number of nitrogens with one attached hydrogen (secondary N) is 1. The first-order valence-corrected chi connectivity index (χ1v) is 8.02. The molecule has 1 N–H and O–H groups in total. The molecule has 0 atom stereocenters. The summed E-state index contributed by atoms with van der Waals surface area (Å²) < 4.78 is 17.2. The molecule has 1 aliphatic heterocycles. The third-order valence-electron chi connectivity index (χ3n) is 3.87. The summed E-state index contributed by atoms with van der Waals surface area (Å²) >= 11 is 0. The molecule has 26 heavy (non-hydrogen) atoms. The Kier molecular flexibility index (Phi) is 3.92. The van der Waals surface area contributed by atoms with Gasteiger partial charge in [-0.05, 0) is 37.3 Å². The summed E-state index contributed by atoms with van der Waals surface area (Å²) in [4.78, 5) is 29.2. The van der Waals surface area contributed by atoms with Gasteiger partial charge in [0, 0.05) is 11.8 Å². The zero-order valence-corrected chi connectivity index (χ0v) is 13.9. The number of benzene rings is 1. The lowest BCUT2D eigenvalue weighted by Gasteiger charge is -2.08. The number of rotatable bonds is 4. The lowest BCUT2D eigenvalue weighted by atomic mass is 10.2. The highest BCUT2D eigenvalue weighted by Crippen LogP contribution is 2.32. The van der Waals surface area contributed by atoms with Crippen molar-refractivity contribution in [2.45, 2.75) is 6.92 Å². The van der Waals surface area contributed by atoms with E-state index in [-0.39, 0.29) is 24.9 Å². The maximum absolute atomic E-state index is 12.7. The highest BCUT2D eigenvalue weighted by Gasteiger charge is 2.23. The highest BCUT2D eigenvalue weighted by atomic mass is 16.7. The van der Waals surface area contributed by atoms with E-state index < -0.39 is 11.9 Å². The minimum Gasteiger partial charge on any atom is -0.461 e. The van der Waals surface area contributed by atoms with Crippen LogP contribution in [0.3, 0.4) is 0 Å². The van der Waals surface area contributed by atoms with Crippen molar-refractivity contribution in [1.82, 2.24) is 9.38 Å². The van der Waals surface area contributed by atoms with Crippen molar-refractivity contribution in [3.8, 4) is 11.5 Å². The van der Waals surface area contributed by atoms with Gasteiger partial charge in [-0.1, -0.05) is 6.07 Å². The van der Waals surface area contributed by atoms with Gasteiger partial charge >= 0.3 is 5.97 Å². The fourth-order valence-corrected chi connectivity index (χ4v) is 2.67. The Morgan fingerprint density at radius 1 is 1.23 bits per heavy atom. The van der Waals surface area contributed by atoms with Gasteiger partial charge in [0.1, 0.15) is 5.65 Å². The molecule has 0 radical (unpaired) electrons. The molecule has 1 aromatic carbocycles. The lowest BCUT2D eigenvalue weighted by Crippen LogP contribution is -2.17. The van der Waals surface area contributed by atoms with Crippen molar-refractivity contribution < 1.29 is 23.8 Å². The fraction of sp³-hybridized carbons (Fsp3) is 0.167. The maximum Gasteiger partial charge on any atom is 0.360 e. The Bertz CT molecular complexity index is 1010. The SMILES string of the molecule is CCOC(=O)c1nc2ccccn2c1NC(=O)c1ccc2c(c1)OCO2. The number of ether oxygens (including phenoxy) is 3. The molecule has 0 spiro atoms. The van der Waals surface area contributed by atoms with Gasteiger partial charge in [0.2, 0.25) is 6.79 Å². The number of hydrogen-bond acceptors (Lipinski definition) is 6. The minimum atomic E-state index is -0.600. The summed E-state index contributed by atoms with van der Waals surface area (Å²) in [5, 5.41) is 2.74. The van der Waals surface area contributed by atoms with Crippen LogP contribution in [0.15, 0.2) is 42.6 Å². The largest absolute Gasteiger partial charge is 0.461 e. The monoisotopic (exact) mass is 353 g/mol. The number of pyridine rings is 1. The topological polar surface area (TPSA) is 91.2 Å². The Morgan fingerprint density at radius 3 is 2.92 bits per heavy atom. The third kappa shape index (κ3) is 2.71. The van der Waals surface area contributed by atoms with Gasteiger partial charge in [-0.3, -0.25) is 9.20 Å². The predicted octanol–water partition coefficient (Wildman–Crippen LogP) is 2.49. The van der Waals surface area contributed by atoms with E-state index in [0.717, 1.165) is 0 Å². The van der Waals surface area contributed by atoms with Gasteiger partial charge in [-0.15, -0.1) is 0 Å². The molecule has 3 heterocycles. The molecular formula is C18H15N3O5. The molecule has 3 aromatic rings. The van der Waals surface area contributed by atoms with Gasteiger partial charge < -0.3 is 19.5 Å². The summed E-state index contributed by atoms with van der Waals surface area (Å²) in [7, 11) is 0. The average Bonchev–Trinajstić information content (AvgIpc) is 3.26. The zero-order chi connectivity index (χ0) is 18.1. The summed E-state index contributed by atoms with van der Waals surface area (Å²) in [5.41, 5.74) is 0.943. The summed E-state index contributed by atoms with van der Waals surface area (Å²) in [6, 6.07) is 10.2. The molecule has 8 heteroatoms. The van der Waals surface area contributed by atoms with E-state index in [4.69, 9.17) is 14.2 Å². The molecular weight excluding hydrogens is 338 g/mol. The van der Waals surface area contributed by atoms with Crippen LogP contribution in [0.2, 0.25) is 0 Å². The Labute approximate surface area is 148 Å². The molecule has 1 aliphatic rings. The van der Waals surface area contributed by atoms with Gasteiger partial charge in [0.15, 0.2) is 23.0 Å². The maximum atomic E-state index is 12.7. The second-order valence-electron chi connectivity index (χ2n) is 5.48. The van der Waals surface area contributed by atoms with Crippen LogP contribution in [0.25, 0.3) is 5.65 Å². The molecule has 8 nitrogen and oxygen atoms in total. The van der Waals surface area contributed by atoms with E-state index in [1.54, 1.807) is 53.9 Å². The minimum absolute atomic E-state index is 0.0483. The third-order valence-corrected chi connectivity index (χ3v) is 3.87. The van der Waals surface area contributed by atoms with Gasteiger partial charge in [0.25, 0.3) is 5.91 Å². The molecule has 0 saturated heterocycles. The molecule has 1 amide bonds. The number of esters is 1. The number of hydrogen-bond donors (Lipinski definition) is 1. The van der Waals surface area contributed by atoms with E-state index in [1.165, 1.54) is 0 Å². The molecule has 0 unspecified atom stereocenters. The summed E-state index contributed by atoms with van der Waals surface area (Å²) in [6.45, 7) is 2.04. The van der Waals surface area contributed by atoms with Gasteiger partial charge in [-0.2, -0.15) is 0 Å². The fourth-order valence-electron chi connectivity index (χ4n) is 2.67. The normalized spacial score (nSPS) is 12.2. The molecule has 4 rings (SSSR count). The first-order chi connectivity index (χ1) is 12.7. The van der Waals surface area contributed by atoms with Crippen LogP contribution in [0, 0.1) is 0 Å². The number of fused-ring (bicyclic) bond motifs is 2. The second kappa shape index (κ2) is 6.40. The molecule has 0 saturated carbocycles. The number of amides is 1. The number of carbonyl (C=O) groups excluding carboxylic acids is 2. The quantitative estimate of drug-likeness (QED) is 0.725. The number of aromatic nitrogens is 2. The van der Waals surface area contributed by atoms with E-state index in [0.29, 0.717) is 22.7 Å². The van der Waals surface area contributed by atoms with Crippen molar-refractivity contribution in [1.29, 1.82) is 0 Å². The van der Waals surface area contributed by atoms with Gasteiger partial charge in [0.05, 0.1) is 6.61 Å². The van der Waals surface area contributed by atoms with E-state index in [2.05, 4.69) is 10.3 Å². The smallest absolute Gasteiger partial charge is 0.360 e. The standard InChI is InChI=1S/C18H15N3O5/c1-2-24-18(23)15-16(21-8-4-3-5-14(21)19-15)20-17(22)11-6-7-12-13(9-11)26-10-25-12/h3-9H,2,10H2,1H3,(H,20,22). The van der Waals surface area contributed by atoms with E-state index in [9.17, 15) is 9.59 Å². The first-order valence-electron chi connectivity index (χ1n) is 8.02. The van der Waals surface area contributed by atoms with Crippen molar-refractivity contribution >= 4 is 23.3 Å². The van der Waals surface area contributed by atoms with Crippen LogP contribution < -0.4 is 14.8 Å². The molecule has 0 aliphatic carbocycles. The lowest BCUT2D eigenvalue weighted by molar-refractivity contribution is 0.0521. The van der Waals surface area contributed by atoms with Crippen LogP contribution >= 0.6 is 0 Å². The predicted molar refractivity (Wildman–Crippen MR) is 91.7 cm³/mol. The average molecular weight is 353 g/mol. The molecule has 0 fully saturated rings. The van der Waals surface area contributed by atoms with Crippen LogP contribution in [0.1, 0.15) is 27.8 Å². The molecule has 2 aromatic heterocycles. The van der Waals surface area contributed by atoms with Crippen LogP contribution in [0.4, 0.5) is 5.82 Å². The number of carbonyl (C=O) groups is 2. The zero-order valence-electron chi connectivity index (χ0n) is 13.9. The Hall–Kier alpha value is -3.55. The van der Waals surface area contributed by atoms with Crippen molar-refractivity contribution in [2.24, 2.45) is 0 Å². The summed E-state index contributed by atoms with van der Waals surface area (Å²) in [5.74, 6) is 0.336. The van der Waals surface area contributed by atoms with E-state index in [1.807, 2.05) is 0 Å². The van der Waals surface area contributed by atoms with Crippen molar-refractivity contribution in [3.63, 3.8) is 0 Å². The highest BCUT2D eigenvalue weighted by molar-refractivity contribution is 6.07. The number of nitrogens with zero attached hydrogens (tertiary/aromatic N) is 2. The number of imidazole rings is 1. The first kappa shape index (κ1) is 15.9. The molecule has 0 bridgehead atoms. The van der Waals surface area contributed by atoms with Crippen LogP contribution in [-0.4, -0.2) is 34.7 Å². The van der Waals surface area contributed by atoms with Crippen LogP contribution in [0.5, 0.6) is 11.5 Å². The molecule has 132 valence electrons. The van der Waals surface area contributed by atoms with Crippen LogP contribution in [-0.2, 0) is 4.74 Å². The van der Waals surface area contributed by atoms with E-state index >= 15 is 0 Å². The van der Waals surface area contributed by atoms with Crippen molar-refractivity contribution in [3.05, 3.63) is 53.9 Å². The van der Waals surface area contributed by atoms with Gasteiger partial charge in [-0.25, -0.2) is 9.78 Å². The summed E-state index contributed by atoms with van der Waals surface area (Å²) in [6.07, 6.45) is 1.71. The number of anilines is 1. The second-order valence-corrected chi connectivity index (χ2v) is 5.48. The Balaban J connectivity index is 1.70.